The summed E-state index contributed by atoms with van der Waals surface area (Å²) in [6.45, 7) is 0.0979. The van der Waals surface area contributed by atoms with Crippen LogP contribution in [-0.4, -0.2) is 32.2 Å². The number of amides is 2. The van der Waals surface area contributed by atoms with Crippen LogP contribution < -0.4 is 5.56 Å². The molecule has 4 aromatic rings. The largest absolute Gasteiger partial charge is 0.310 e. The molecule has 0 saturated heterocycles. The second-order valence-electron chi connectivity index (χ2n) is 6.66. The molecule has 0 unspecified atom stereocenters. The second kappa shape index (κ2) is 5.88. The van der Waals surface area contributed by atoms with Gasteiger partial charge in [-0.15, -0.1) is 0 Å². The second-order valence-corrected chi connectivity index (χ2v) is 6.66. The first-order chi connectivity index (χ1) is 13.6. The zero-order valence-corrected chi connectivity index (χ0v) is 14.6. The fourth-order valence-corrected chi connectivity index (χ4v) is 3.79. The SMILES string of the molecule is O=C1c2ccccc2C(=O)N1CCn1c(=O)c2cccn2c2ccc(F)cc21. The van der Waals surface area contributed by atoms with Gasteiger partial charge in [0.25, 0.3) is 17.4 Å². The van der Waals surface area contributed by atoms with Gasteiger partial charge in [-0.3, -0.25) is 19.3 Å². The minimum Gasteiger partial charge on any atom is -0.310 e. The van der Waals surface area contributed by atoms with Crippen LogP contribution >= 0.6 is 0 Å². The quantitative estimate of drug-likeness (QED) is 0.517. The lowest BCUT2D eigenvalue weighted by Gasteiger charge is -2.17. The molecule has 0 bridgehead atoms. The summed E-state index contributed by atoms with van der Waals surface area (Å²) < 4.78 is 17.0. The molecule has 0 fully saturated rings. The number of carbonyl (C=O) groups is 2. The average molecular weight is 375 g/mol. The summed E-state index contributed by atoms with van der Waals surface area (Å²) in [5.74, 6) is -1.23. The molecule has 2 amide bonds. The van der Waals surface area contributed by atoms with Gasteiger partial charge < -0.3 is 8.97 Å². The van der Waals surface area contributed by atoms with Crippen molar-refractivity contribution in [2.45, 2.75) is 6.54 Å². The number of carbonyl (C=O) groups excluding carboxylic acids is 2. The van der Waals surface area contributed by atoms with Gasteiger partial charge in [-0.2, -0.15) is 0 Å². The Kier molecular flexibility index (Phi) is 3.45. The smallest absolute Gasteiger partial charge is 0.275 e. The van der Waals surface area contributed by atoms with E-state index < -0.39 is 5.82 Å². The topological polar surface area (TPSA) is 63.8 Å². The van der Waals surface area contributed by atoms with Crippen molar-refractivity contribution in [1.82, 2.24) is 13.9 Å². The number of benzene rings is 2. The molecule has 2 aromatic heterocycles. The van der Waals surface area contributed by atoms with Crippen molar-refractivity contribution < 1.29 is 14.0 Å². The maximum absolute atomic E-state index is 13.9. The number of rotatable bonds is 3. The number of fused-ring (bicyclic) bond motifs is 4. The summed E-state index contributed by atoms with van der Waals surface area (Å²) in [5.41, 5.74) is 1.94. The molecule has 0 saturated carbocycles. The van der Waals surface area contributed by atoms with Crippen LogP contribution in [0.15, 0.2) is 65.6 Å². The van der Waals surface area contributed by atoms with Gasteiger partial charge in [-0.05, 0) is 42.5 Å². The average Bonchev–Trinajstić information content (AvgIpc) is 3.27. The number of nitrogens with zero attached hydrogens (tertiary/aromatic N) is 3. The molecule has 7 heteroatoms. The maximum Gasteiger partial charge on any atom is 0.275 e. The van der Waals surface area contributed by atoms with E-state index in [0.29, 0.717) is 27.7 Å². The van der Waals surface area contributed by atoms with Crippen molar-refractivity contribution in [2.75, 3.05) is 6.54 Å². The molecule has 138 valence electrons. The van der Waals surface area contributed by atoms with Crippen LogP contribution in [0, 0.1) is 5.82 Å². The van der Waals surface area contributed by atoms with Gasteiger partial charge in [0, 0.05) is 19.3 Å². The van der Waals surface area contributed by atoms with E-state index in [1.807, 2.05) is 0 Å². The van der Waals surface area contributed by atoms with Crippen LogP contribution in [0.2, 0.25) is 0 Å². The van der Waals surface area contributed by atoms with Gasteiger partial charge in [-0.25, -0.2) is 4.39 Å². The Morgan fingerprint density at radius 2 is 1.46 bits per heavy atom. The molecule has 0 spiro atoms. The van der Waals surface area contributed by atoms with E-state index in [0.717, 1.165) is 4.90 Å². The number of hydrogen-bond donors (Lipinski definition) is 0. The molecular formula is C21H14FN3O3. The summed E-state index contributed by atoms with van der Waals surface area (Å²) in [4.78, 5) is 39.2. The third-order valence-electron chi connectivity index (χ3n) is 5.13. The molecule has 0 aliphatic carbocycles. The highest BCUT2D eigenvalue weighted by atomic mass is 19.1. The first-order valence-corrected chi connectivity index (χ1v) is 8.80. The fourth-order valence-electron chi connectivity index (χ4n) is 3.79. The third kappa shape index (κ3) is 2.22. The van der Waals surface area contributed by atoms with Gasteiger partial charge in [-0.1, -0.05) is 12.1 Å². The molecule has 0 radical (unpaired) electrons. The predicted molar refractivity (Wildman–Crippen MR) is 101 cm³/mol. The lowest BCUT2D eigenvalue weighted by molar-refractivity contribution is 0.0649. The lowest BCUT2D eigenvalue weighted by atomic mass is 10.1. The van der Waals surface area contributed by atoms with Crippen LogP contribution in [-0.2, 0) is 6.54 Å². The summed E-state index contributed by atoms with van der Waals surface area (Å²) >= 11 is 0. The van der Waals surface area contributed by atoms with Crippen LogP contribution in [0.1, 0.15) is 20.7 Å². The lowest BCUT2D eigenvalue weighted by Crippen LogP contribution is -2.35. The number of aromatic nitrogens is 2. The molecule has 3 heterocycles. The molecule has 0 N–H and O–H groups in total. The van der Waals surface area contributed by atoms with Crippen molar-refractivity contribution in [3.63, 3.8) is 0 Å². The van der Waals surface area contributed by atoms with Gasteiger partial charge >= 0.3 is 0 Å². The monoisotopic (exact) mass is 375 g/mol. The molecule has 1 aliphatic rings. The van der Waals surface area contributed by atoms with Crippen LogP contribution in [0.4, 0.5) is 4.39 Å². The van der Waals surface area contributed by atoms with E-state index in [4.69, 9.17) is 0 Å². The zero-order valence-electron chi connectivity index (χ0n) is 14.6. The van der Waals surface area contributed by atoms with E-state index in [-0.39, 0.29) is 30.5 Å². The van der Waals surface area contributed by atoms with E-state index in [1.54, 1.807) is 53.1 Å². The van der Waals surface area contributed by atoms with E-state index >= 15 is 0 Å². The van der Waals surface area contributed by atoms with Crippen molar-refractivity contribution in [3.8, 4) is 0 Å². The summed E-state index contributed by atoms with van der Waals surface area (Å²) in [6, 6.07) is 14.3. The predicted octanol–water partition coefficient (Wildman–Crippen LogP) is 2.69. The van der Waals surface area contributed by atoms with Gasteiger partial charge in [0.05, 0.1) is 22.2 Å². The minimum atomic E-state index is -0.465. The Balaban J connectivity index is 1.58. The fraction of sp³-hybridized carbons (Fsp3) is 0.0952. The Bertz CT molecular complexity index is 1320. The van der Waals surface area contributed by atoms with Crippen molar-refractivity contribution in [3.05, 3.63) is 88.1 Å². The Morgan fingerprint density at radius 1 is 0.750 bits per heavy atom. The van der Waals surface area contributed by atoms with Crippen molar-refractivity contribution >= 4 is 28.4 Å². The molecule has 2 aromatic carbocycles. The Labute approximate surface area is 158 Å². The molecule has 1 aliphatic heterocycles. The molecule has 5 rings (SSSR count). The summed E-state index contributed by atoms with van der Waals surface area (Å²) in [6.07, 6.45) is 1.74. The highest BCUT2D eigenvalue weighted by Crippen LogP contribution is 2.23. The molecule has 6 nitrogen and oxygen atoms in total. The number of imide groups is 1. The Hall–Kier alpha value is -3.74. The van der Waals surface area contributed by atoms with Gasteiger partial charge in [0.1, 0.15) is 11.3 Å². The summed E-state index contributed by atoms with van der Waals surface area (Å²) in [5, 5.41) is 0. The van der Waals surface area contributed by atoms with Crippen LogP contribution in [0.25, 0.3) is 16.6 Å². The number of halogens is 1. The highest BCUT2D eigenvalue weighted by molar-refractivity contribution is 6.21. The standard InChI is InChI=1S/C21H14FN3O3/c22-13-7-8-16-18(12-13)24(21(28)17-6-3-9-23(16)17)10-11-25-19(26)14-4-1-2-5-15(14)20(25)27/h1-9,12H,10-11H2. The molecule has 0 atom stereocenters. The van der Waals surface area contributed by atoms with Crippen LogP contribution in [0.3, 0.4) is 0 Å². The first kappa shape index (κ1) is 16.4. The van der Waals surface area contributed by atoms with Crippen LogP contribution in [0.5, 0.6) is 0 Å². The zero-order chi connectivity index (χ0) is 19.4. The third-order valence-corrected chi connectivity index (χ3v) is 5.13. The highest BCUT2D eigenvalue weighted by Gasteiger charge is 2.34. The normalized spacial score (nSPS) is 13.7. The summed E-state index contributed by atoms with van der Waals surface area (Å²) in [7, 11) is 0. The maximum atomic E-state index is 13.9. The van der Waals surface area contributed by atoms with Gasteiger partial charge in [0.2, 0.25) is 0 Å². The van der Waals surface area contributed by atoms with E-state index in [9.17, 15) is 18.8 Å². The van der Waals surface area contributed by atoms with Crippen molar-refractivity contribution in [1.29, 1.82) is 0 Å². The minimum absolute atomic E-state index is 0.0226. The molecular weight excluding hydrogens is 361 g/mol. The molecule has 28 heavy (non-hydrogen) atoms. The first-order valence-electron chi connectivity index (χ1n) is 8.80. The number of hydrogen-bond acceptors (Lipinski definition) is 3. The van der Waals surface area contributed by atoms with Crippen molar-refractivity contribution in [2.24, 2.45) is 0 Å². The van der Waals surface area contributed by atoms with E-state index in [1.165, 1.54) is 16.7 Å². The van der Waals surface area contributed by atoms with E-state index in [2.05, 4.69) is 0 Å². The van der Waals surface area contributed by atoms with Gasteiger partial charge in [0.15, 0.2) is 0 Å². The Morgan fingerprint density at radius 3 is 2.18 bits per heavy atom.